The quantitative estimate of drug-likeness (QED) is 0.582. The lowest BCUT2D eigenvalue weighted by Gasteiger charge is -1.95. The summed E-state index contributed by atoms with van der Waals surface area (Å²) in [7, 11) is 0. The SMILES string of the molecule is Cc1nc(N)c2[nH]ccc2n1. The van der Waals surface area contributed by atoms with Crippen molar-refractivity contribution in [2.45, 2.75) is 6.92 Å². The number of aromatic nitrogens is 3. The molecule has 4 nitrogen and oxygen atoms in total. The van der Waals surface area contributed by atoms with Gasteiger partial charge in [0.2, 0.25) is 0 Å². The molecule has 3 N–H and O–H groups in total. The van der Waals surface area contributed by atoms with Crippen LogP contribution in [0.3, 0.4) is 0 Å². The van der Waals surface area contributed by atoms with Gasteiger partial charge in [-0.1, -0.05) is 0 Å². The number of nitrogens with one attached hydrogen (secondary N) is 1. The van der Waals surface area contributed by atoms with Gasteiger partial charge < -0.3 is 10.7 Å². The van der Waals surface area contributed by atoms with E-state index in [1.165, 1.54) is 0 Å². The molecule has 0 amide bonds. The Bertz CT molecular complexity index is 390. The van der Waals surface area contributed by atoms with Crippen LogP contribution in [0.2, 0.25) is 0 Å². The minimum atomic E-state index is 0.512. The molecule has 4 heteroatoms. The van der Waals surface area contributed by atoms with E-state index in [-0.39, 0.29) is 0 Å². The number of aromatic amines is 1. The van der Waals surface area contributed by atoms with Gasteiger partial charge >= 0.3 is 0 Å². The maximum atomic E-state index is 5.62. The van der Waals surface area contributed by atoms with E-state index in [1.54, 1.807) is 6.20 Å². The lowest BCUT2D eigenvalue weighted by atomic mass is 10.4. The van der Waals surface area contributed by atoms with E-state index in [0.717, 1.165) is 11.0 Å². The third kappa shape index (κ3) is 0.832. The van der Waals surface area contributed by atoms with Gasteiger partial charge in [0.25, 0.3) is 0 Å². The molecule has 0 radical (unpaired) electrons. The number of hydrogen-bond acceptors (Lipinski definition) is 3. The van der Waals surface area contributed by atoms with Crippen LogP contribution in [0.4, 0.5) is 5.82 Å². The van der Waals surface area contributed by atoms with Crippen molar-refractivity contribution in [1.82, 2.24) is 15.0 Å². The van der Waals surface area contributed by atoms with Crippen molar-refractivity contribution in [2.75, 3.05) is 5.73 Å². The van der Waals surface area contributed by atoms with Crippen molar-refractivity contribution >= 4 is 16.9 Å². The summed E-state index contributed by atoms with van der Waals surface area (Å²) >= 11 is 0. The first-order valence-electron chi connectivity index (χ1n) is 3.34. The monoisotopic (exact) mass is 148 g/mol. The van der Waals surface area contributed by atoms with Gasteiger partial charge in [-0.25, -0.2) is 9.97 Å². The molecule has 0 fully saturated rings. The van der Waals surface area contributed by atoms with Gasteiger partial charge in [-0.15, -0.1) is 0 Å². The van der Waals surface area contributed by atoms with Gasteiger partial charge in [0.15, 0.2) is 5.82 Å². The summed E-state index contributed by atoms with van der Waals surface area (Å²) in [6, 6.07) is 1.88. The molecule has 0 unspecified atom stereocenters. The summed E-state index contributed by atoms with van der Waals surface area (Å²) in [6.07, 6.45) is 1.80. The smallest absolute Gasteiger partial charge is 0.151 e. The average molecular weight is 148 g/mol. The van der Waals surface area contributed by atoms with E-state index in [9.17, 15) is 0 Å². The number of aryl methyl sites for hydroxylation is 1. The fourth-order valence-corrected chi connectivity index (χ4v) is 1.09. The van der Waals surface area contributed by atoms with E-state index in [2.05, 4.69) is 15.0 Å². The van der Waals surface area contributed by atoms with Gasteiger partial charge in [-0.3, -0.25) is 0 Å². The molecule has 2 aromatic heterocycles. The van der Waals surface area contributed by atoms with Crippen LogP contribution in [-0.2, 0) is 0 Å². The lowest BCUT2D eigenvalue weighted by molar-refractivity contribution is 1.10. The van der Waals surface area contributed by atoms with Crippen LogP contribution in [0.1, 0.15) is 5.82 Å². The predicted molar refractivity (Wildman–Crippen MR) is 43.0 cm³/mol. The molecule has 0 saturated heterocycles. The maximum absolute atomic E-state index is 5.62. The summed E-state index contributed by atoms with van der Waals surface area (Å²) in [6.45, 7) is 1.82. The van der Waals surface area contributed by atoms with Crippen molar-refractivity contribution in [2.24, 2.45) is 0 Å². The summed E-state index contributed by atoms with van der Waals surface area (Å²) in [4.78, 5) is 11.1. The summed E-state index contributed by atoms with van der Waals surface area (Å²) in [5, 5.41) is 0. The first kappa shape index (κ1) is 6.15. The topological polar surface area (TPSA) is 67.6 Å². The summed E-state index contributed by atoms with van der Waals surface area (Å²) in [5.74, 6) is 1.21. The van der Waals surface area contributed by atoms with Crippen LogP contribution in [0.25, 0.3) is 11.0 Å². The standard InChI is InChI=1S/C7H8N4/c1-4-10-5-2-3-9-6(5)7(8)11-4/h2-3,9H,1H3,(H2,8,10,11). The molecule has 0 atom stereocenters. The highest BCUT2D eigenvalue weighted by Crippen LogP contribution is 2.14. The van der Waals surface area contributed by atoms with Gasteiger partial charge in [-0.2, -0.15) is 0 Å². The van der Waals surface area contributed by atoms with Crippen molar-refractivity contribution in [3.8, 4) is 0 Å². The molecule has 11 heavy (non-hydrogen) atoms. The third-order valence-electron chi connectivity index (χ3n) is 1.55. The Labute approximate surface area is 63.5 Å². The molecular formula is C7H8N4. The van der Waals surface area contributed by atoms with Crippen LogP contribution in [-0.4, -0.2) is 15.0 Å². The number of fused-ring (bicyclic) bond motifs is 1. The number of anilines is 1. The van der Waals surface area contributed by atoms with Gasteiger partial charge in [0, 0.05) is 6.20 Å². The molecular weight excluding hydrogens is 140 g/mol. The molecule has 0 aromatic carbocycles. The highest BCUT2D eigenvalue weighted by atomic mass is 15.0. The zero-order valence-corrected chi connectivity index (χ0v) is 6.13. The summed E-state index contributed by atoms with van der Waals surface area (Å²) in [5.41, 5.74) is 7.30. The number of H-pyrrole nitrogens is 1. The number of nitrogen functional groups attached to an aromatic ring is 1. The predicted octanol–water partition coefficient (Wildman–Crippen LogP) is 0.849. The molecule has 0 saturated carbocycles. The zero-order valence-electron chi connectivity index (χ0n) is 6.13. The zero-order chi connectivity index (χ0) is 7.84. The molecule has 2 rings (SSSR count). The Balaban J connectivity index is 2.91. The maximum Gasteiger partial charge on any atom is 0.151 e. The molecule has 0 spiro atoms. The first-order valence-corrected chi connectivity index (χ1v) is 3.34. The van der Waals surface area contributed by atoms with Crippen LogP contribution >= 0.6 is 0 Å². The second-order valence-electron chi connectivity index (χ2n) is 2.39. The lowest BCUT2D eigenvalue weighted by Crippen LogP contribution is -1.95. The van der Waals surface area contributed by atoms with E-state index >= 15 is 0 Å². The second-order valence-corrected chi connectivity index (χ2v) is 2.39. The van der Waals surface area contributed by atoms with Crippen molar-refractivity contribution in [3.05, 3.63) is 18.1 Å². The Hall–Kier alpha value is -1.58. The van der Waals surface area contributed by atoms with Crippen molar-refractivity contribution < 1.29 is 0 Å². The van der Waals surface area contributed by atoms with Gasteiger partial charge in [0.05, 0.1) is 5.52 Å². The minimum absolute atomic E-state index is 0.512. The van der Waals surface area contributed by atoms with Crippen molar-refractivity contribution in [3.63, 3.8) is 0 Å². The molecule has 0 aliphatic heterocycles. The number of rotatable bonds is 0. The Morgan fingerprint density at radius 3 is 3.09 bits per heavy atom. The van der Waals surface area contributed by atoms with E-state index in [1.807, 2.05) is 13.0 Å². The van der Waals surface area contributed by atoms with Crippen LogP contribution in [0, 0.1) is 6.92 Å². The molecule has 2 aromatic rings. The normalized spacial score (nSPS) is 10.6. The molecule has 0 aliphatic carbocycles. The van der Waals surface area contributed by atoms with Gasteiger partial charge in [-0.05, 0) is 13.0 Å². The Kier molecular flexibility index (Phi) is 1.09. The minimum Gasteiger partial charge on any atom is -0.382 e. The molecule has 0 bridgehead atoms. The van der Waals surface area contributed by atoms with E-state index in [0.29, 0.717) is 11.6 Å². The van der Waals surface area contributed by atoms with E-state index in [4.69, 9.17) is 5.73 Å². The summed E-state index contributed by atoms with van der Waals surface area (Å²) < 4.78 is 0. The Morgan fingerprint density at radius 1 is 1.45 bits per heavy atom. The van der Waals surface area contributed by atoms with E-state index < -0.39 is 0 Å². The first-order chi connectivity index (χ1) is 5.27. The van der Waals surface area contributed by atoms with Crippen LogP contribution in [0.5, 0.6) is 0 Å². The third-order valence-corrected chi connectivity index (χ3v) is 1.55. The van der Waals surface area contributed by atoms with Crippen molar-refractivity contribution in [1.29, 1.82) is 0 Å². The van der Waals surface area contributed by atoms with Gasteiger partial charge in [0.1, 0.15) is 11.3 Å². The largest absolute Gasteiger partial charge is 0.382 e. The fraction of sp³-hybridized carbons (Fsp3) is 0.143. The highest BCUT2D eigenvalue weighted by molar-refractivity contribution is 5.84. The molecule has 2 heterocycles. The number of nitrogens with zero attached hydrogens (tertiary/aromatic N) is 2. The second kappa shape index (κ2) is 1.95. The van der Waals surface area contributed by atoms with Crippen LogP contribution in [0.15, 0.2) is 12.3 Å². The van der Waals surface area contributed by atoms with Crippen LogP contribution < -0.4 is 5.73 Å². The molecule has 0 aliphatic rings. The fourth-order valence-electron chi connectivity index (χ4n) is 1.09. The molecule has 56 valence electrons. The highest BCUT2D eigenvalue weighted by Gasteiger charge is 2.01. The Morgan fingerprint density at radius 2 is 2.27 bits per heavy atom. The number of nitrogens with two attached hydrogens (primary N) is 1. The average Bonchev–Trinajstić information content (AvgIpc) is 2.34. The number of hydrogen-bond donors (Lipinski definition) is 2.